The van der Waals surface area contributed by atoms with Crippen LogP contribution >= 0.6 is 0 Å². The molecule has 2 N–H and O–H groups in total. The SMILES string of the molecule is COC(=O)[C@H](Cc1cn(C(=O)OC(C)(C)C)c2ccccc12)NC(=O)CC[C@H]1CCC[C@@H](NC(=O)OCc2ccccc2)C1O[Si](C)(C)C(C)(C)C. The van der Waals surface area contributed by atoms with Crippen LogP contribution in [0.1, 0.15) is 84.8 Å². The zero-order valence-electron chi connectivity index (χ0n) is 32.2. The number of rotatable bonds is 12. The van der Waals surface area contributed by atoms with Crippen LogP contribution in [-0.2, 0) is 41.3 Å². The molecule has 1 aliphatic carbocycles. The summed E-state index contributed by atoms with van der Waals surface area (Å²) in [5, 5.41) is 6.69. The predicted octanol–water partition coefficient (Wildman–Crippen LogP) is 7.89. The van der Waals surface area contributed by atoms with Gasteiger partial charge in [0, 0.05) is 24.4 Å². The van der Waals surface area contributed by atoms with E-state index in [1.54, 1.807) is 27.0 Å². The van der Waals surface area contributed by atoms with E-state index >= 15 is 0 Å². The Kier molecular flexibility index (Phi) is 13.4. The molecule has 2 amide bonds. The predicted molar refractivity (Wildman–Crippen MR) is 203 cm³/mol. The molecule has 1 aromatic heterocycles. The van der Waals surface area contributed by atoms with E-state index < -0.39 is 38.1 Å². The number of para-hydroxylation sites is 1. The Labute approximate surface area is 309 Å². The first-order valence-electron chi connectivity index (χ1n) is 18.2. The van der Waals surface area contributed by atoms with Crippen LogP contribution in [0.4, 0.5) is 9.59 Å². The smallest absolute Gasteiger partial charge is 0.419 e. The van der Waals surface area contributed by atoms with Crippen molar-refractivity contribution in [3.8, 4) is 0 Å². The topological polar surface area (TPSA) is 134 Å². The van der Waals surface area contributed by atoms with Crippen molar-refractivity contribution >= 4 is 43.3 Å². The number of amides is 2. The summed E-state index contributed by atoms with van der Waals surface area (Å²) in [4.78, 5) is 52.6. The molecule has 0 aliphatic heterocycles. The molecular formula is C40H57N3O8Si. The number of alkyl carbamates (subject to hydrolysis) is 1. The minimum absolute atomic E-state index is 0.00331. The number of nitrogens with zero attached hydrogens (tertiary/aromatic N) is 1. The highest BCUT2D eigenvalue weighted by molar-refractivity contribution is 6.74. The van der Waals surface area contributed by atoms with Crippen LogP contribution in [0, 0.1) is 5.92 Å². The first-order valence-corrected chi connectivity index (χ1v) is 21.1. The van der Waals surface area contributed by atoms with Crippen LogP contribution in [0.5, 0.6) is 0 Å². The largest absolute Gasteiger partial charge is 0.467 e. The molecule has 1 aliphatic rings. The quantitative estimate of drug-likeness (QED) is 0.109. The van der Waals surface area contributed by atoms with Crippen LogP contribution in [0.15, 0.2) is 60.8 Å². The minimum Gasteiger partial charge on any atom is -0.467 e. The number of hydrogen-bond acceptors (Lipinski definition) is 8. The molecule has 3 aromatic rings. The number of carbonyl (C=O) groups is 4. The Morgan fingerprint density at radius 3 is 2.27 bits per heavy atom. The second-order valence-electron chi connectivity index (χ2n) is 16.3. The van der Waals surface area contributed by atoms with Gasteiger partial charge in [-0.15, -0.1) is 0 Å². The van der Waals surface area contributed by atoms with Crippen LogP contribution in [0.3, 0.4) is 0 Å². The van der Waals surface area contributed by atoms with E-state index in [0.29, 0.717) is 17.5 Å². The van der Waals surface area contributed by atoms with Crippen molar-refractivity contribution in [2.24, 2.45) is 5.92 Å². The highest BCUT2D eigenvalue weighted by atomic mass is 28.4. The molecule has 1 unspecified atom stereocenters. The summed E-state index contributed by atoms with van der Waals surface area (Å²) in [6.45, 7) is 16.5. The van der Waals surface area contributed by atoms with Crippen LogP contribution in [0.25, 0.3) is 10.9 Å². The van der Waals surface area contributed by atoms with Gasteiger partial charge >= 0.3 is 18.2 Å². The number of ether oxygens (including phenoxy) is 3. The van der Waals surface area contributed by atoms with Crippen LogP contribution in [0.2, 0.25) is 18.1 Å². The molecule has 1 fully saturated rings. The number of carbonyl (C=O) groups excluding carboxylic acids is 4. The molecule has 52 heavy (non-hydrogen) atoms. The molecule has 0 spiro atoms. The zero-order valence-corrected chi connectivity index (χ0v) is 33.2. The summed E-state index contributed by atoms with van der Waals surface area (Å²) in [5.74, 6) is -0.885. The second kappa shape index (κ2) is 17.1. The van der Waals surface area contributed by atoms with Gasteiger partial charge in [-0.05, 0) is 81.3 Å². The zero-order chi connectivity index (χ0) is 38.3. The summed E-state index contributed by atoms with van der Waals surface area (Å²) >= 11 is 0. The lowest BCUT2D eigenvalue weighted by atomic mass is 9.80. The summed E-state index contributed by atoms with van der Waals surface area (Å²) < 4.78 is 24.7. The fourth-order valence-electron chi connectivity index (χ4n) is 6.34. The van der Waals surface area contributed by atoms with Gasteiger partial charge in [0.25, 0.3) is 0 Å². The number of methoxy groups -OCH3 is 1. The highest BCUT2D eigenvalue weighted by Gasteiger charge is 2.44. The van der Waals surface area contributed by atoms with E-state index in [0.717, 1.165) is 30.2 Å². The number of nitrogens with one attached hydrogen (secondary N) is 2. The summed E-state index contributed by atoms with van der Waals surface area (Å²) in [5.41, 5.74) is 1.54. The van der Waals surface area contributed by atoms with E-state index in [1.165, 1.54) is 11.7 Å². The van der Waals surface area contributed by atoms with Crippen LogP contribution in [-0.4, -0.2) is 67.8 Å². The number of benzene rings is 2. The third-order valence-electron chi connectivity index (χ3n) is 10.1. The van der Waals surface area contributed by atoms with Gasteiger partial charge in [0.1, 0.15) is 18.2 Å². The van der Waals surface area contributed by atoms with Gasteiger partial charge in [-0.3, -0.25) is 9.36 Å². The van der Waals surface area contributed by atoms with Crippen molar-refractivity contribution in [2.75, 3.05) is 7.11 Å². The molecule has 11 nitrogen and oxygen atoms in total. The summed E-state index contributed by atoms with van der Waals surface area (Å²) in [6.07, 6.45) is 3.54. The second-order valence-corrected chi connectivity index (χ2v) is 21.0. The first kappa shape index (κ1) is 40.6. The fraction of sp³-hybridized carbons (Fsp3) is 0.550. The van der Waals surface area contributed by atoms with Crippen molar-refractivity contribution in [3.05, 3.63) is 71.9 Å². The average Bonchev–Trinajstić information content (AvgIpc) is 3.44. The molecule has 0 bridgehead atoms. The Balaban J connectivity index is 1.47. The first-order chi connectivity index (χ1) is 24.4. The number of hydrogen-bond donors (Lipinski definition) is 2. The molecule has 284 valence electrons. The molecule has 1 saturated carbocycles. The third kappa shape index (κ3) is 10.9. The minimum atomic E-state index is -2.27. The van der Waals surface area contributed by atoms with Gasteiger partial charge < -0.3 is 29.3 Å². The number of esters is 1. The highest BCUT2D eigenvalue weighted by Crippen LogP contribution is 2.41. The van der Waals surface area contributed by atoms with E-state index in [1.807, 2.05) is 54.6 Å². The molecule has 4 atom stereocenters. The van der Waals surface area contributed by atoms with Gasteiger partial charge in [0.15, 0.2) is 8.32 Å². The molecule has 2 aromatic carbocycles. The molecule has 0 radical (unpaired) electrons. The Morgan fingerprint density at radius 2 is 1.62 bits per heavy atom. The monoisotopic (exact) mass is 735 g/mol. The third-order valence-corrected chi connectivity index (χ3v) is 14.5. The lowest BCUT2D eigenvalue weighted by Crippen LogP contribution is -2.56. The Bertz CT molecular complexity index is 1690. The molecule has 12 heteroatoms. The van der Waals surface area contributed by atoms with Gasteiger partial charge in [0.2, 0.25) is 5.91 Å². The Morgan fingerprint density at radius 1 is 0.942 bits per heavy atom. The maximum absolute atomic E-state index is 13.6. The average molecular weight is 736 g/mol. The standard InChI is InChI=1S/C40H57N3O8Si/c1-39(2,3)50-38(47)43-25-29(30-19-13-14-21-33(30)43)24-32(36(45)48-7)41-34(44)23-22-28-18-15-20-31(35(28)51-52(8,9)40(4,5)6)42-37(46)49-26-27-16-11-10-12-17-27/h10-14,16-17,19,21,25,28,31-32,35H,15,18,20,22-24,26H2,1-9H3,(H,41,44)(H,42,46)/t28-,31-,32+,35?/m1/s1. The maximum atomic E-state index is 13.6. The van der Waals surface area contributed by atoms with Crippen molar-refractivity contribution in [1.29, 1.82) is 0 Å². The normalized spacial score (nSPS) is 18.7. The van der Waals surface area contributed by atoms with E-state index in [-0.39, 0.29) is 48.5 Å². The van der Waals surface area contributed by atoms with E-state index in [2.05, 4.69) is 44.5 Å². The van der Waals surface area contributed by atoms with E-state index in [4.69, 9.17) is 18.6 Å². The van der Waals surface area contributed by atoms with Crippen molar-refractivity contribution in [2.45, 2.75) is 129 Å². The fourth-order valence-corrected chi connectivity index (χ4v) is 7.74. The van der Waals surface area contributed by atoms with Gasteiger partial charge in [-0.25, -0.2) is 14.4 Å². The molecule has 1 heterocycles. The number of aromatic nitrogens is 1. The van der Waals surface area contributed by atoms with Gasteiger partial charge in [-0.1, -0.05) is 75.7 Å². The number of fused-ring (bicyclic) bond motifs is 1. The molecule has 0 saturated heterocycles. The summed E-state index contributed by atoms with van der Waals surface area (Å²) in [7, 11) is -0.989. The van der Waals surface area contributed by atoms with Gasteiger partial charge in [0.05, 0.1) is 24.8 Å². The lowest BCUT2D eigenvalue weighted by Gasteiger charge is -2.46. The Hall–Kier alpha value is -4.16. The van der Waals surface area contributed by atoms with Crippen LogP contribution < -0.4 is 10.6 Å². The van der Waals surface area contributed by atoms with Crippen molar-refractivity contribution < 1.29 is 37.8 Å². The van der Waals surface area contributed by atoms with Gasteiger partial charge in [-0.2, -0.15) is 0 Å². The van der Waals surface area contributed by atoms with Crippen molar-refractivity contribution in [3.63, 3.8) is 0 Å². The summed E-state index contributed by atoms with van der Waals surface area (Å²) in [6, 6.07) is 15.7. The van der Waals surface area contributed by atoms with Crippen molar-refractivity contribution in [1.82, 2.24) is 15.2 Å². The van der Waals surface area contributed by atoms with E-state index in [9.17, 15) is 19.2 Å². The molecular weight excluding hydrogens is 679 g/mol. The lowest BCUT2D eigenvalue weighted by molar-refractivity contribution is -0.145. The maximum Gasteiger partial charge on any atom is 0.419 e. The molecule has 4 rings (SSSR count).